The minimum absolute atomic E-state index is 0.0246. The van der Waals surface area contributed by atoms with E-state index in [9.17, 15) is 19.6 Å². The van der Waals surface area contributed by atoms with Crippen LogP contribution in [0.1, 0.15) is 13.3 Å². The number of likely N-dealkylation sites (N-methyl/N-ethyl adjacent to an activating group) is 1. The van der Waals surface area contributed by atoms with Crippen molar-refractivity contribution >= 4 is 45.8 Å². The van der Waals surface area contributed by atoms with E-state index < -0.39 is 5.91 Å². The highest BCUT2D eigenvalue weighted by Gasteiger charge is 2.25. The van der Waals surface area contributed by atoms with Gasteiger partial charge in [-0.2, -0.15) is 5.26 Å². The van der Waals surface area contributed by atoms with Gasteiger partial charge in [-0.25, -0.2) is 0 Å². The first-order valence-corrected chi connectivity index (χ1v) is 12.9. The molecule has 1 aromatic carbocycles. The molecule has 10 nitrogen and oxygen atoms in total. The van der Waals surface area contributed by atoms with Crippen molar-refractivity contribution in [1.29, 1.82) is 5.26 Å². The number of nitriles is 1. The van der Waals surface area contributed by atoms with Crippen molar-refractivity contribution in [2.45, 2.75) is 25.9 Å². The standard InChI is InChI=1S/C27H31N7O3S/c1-5-12-30-25(36)22(16-28)27-34(6-2)26(37)23(38-27)10-13-29-19-8-7-9-20(15-19)31-24(35)18-33-14-11-21(17-33)32(3)4/h1,7-9,13,15,21,29H,6,11-12,14,17-18H2,2-4H3,(H,30,36)(H,31,35)/b27-22-. The van der Waals surface area contributed by atoms with E-state index in [1.807, 2.05) is 12.1 Å². The second-order valence-corrected chi connectivity index (χ2v) is 9.86. The molecule has 0 aliphatic carbocycles. The molecule has 1 aliphatic heterocycles. The molecule has 198 valence electrons. The normalized spacial score (nSPS) is 15.7. The van der Waals surface area contributed by atoms with Crippen LogP contribution < -0.4 is 30.7 Å². The minimum atomic E-state index is -0.635. The van der Waals surface area contributed by atoms with E-state index in [-0.39, 0.29) is 39.3 Å². The Balaban J connectivity index is 1.75. The molecule has 1 unspecified atom stereocenters. The average Bonchev–Trinajstić information content (AvgIpc) is 3.48. The van der Waals surface area contributed by atoms with Gasteiger partial charge in [-0.1, -0.05) is 17.7 Å². The van der Waals surface area contributed by atoms with Crippen molar-refractivity contribution in [2.75, 3.05) is 50.9 Å². The number of hydrogen-bond donors (Lipinski definition) is 3. The van der Waals surface area contributed by atoms with Gasteiger partial charge in [0, 0.05) is 43.3 Å². The van der Waals surface area contributed by atoms with E-state index in [1.165, 1.54) is 10.8 Å². The zero-order valence-electron chi connectivity index (χ0n) is 21.7. The van der Waals surface area contributed by atoms with Gasteiger partial charge < -0.3 is 20.9 Å². The number of nitrogens with zero attached hydrogens (tertiary/aromatic N) is 4. The summed E-state index contributed by atoms with van der Waals surface area (Å²) in [5.74, 6) is 1.57. The van der Waals surface area contributed by atoms with Gasteiger partial charge in [0.2, 0.25) is 5.91 Å². The summed E-state index contributed by atoms with van der Waals surface area (Å²) >= 11 is 1.00. The summed E-state index contributed by atoms with van der Waals surface area (Å²) in [4.78, 5) is 42.0. The lowest BCUT2D eigenvalue weighted by Crippen LogP contribution is -2.35. The second-order valence-electron chi connectivity index (χ2n) is 8.86. The Morgan fingerprint density at radius 3 is 2.74 bits per heavy atom. The zero-order valence-corrected chi connectivity index (χ0v) is 22.5. The third-order valence-corrected chi connectivity index (χ3v) is 7.15. The maximum Gasteiger partial charge on any atom is 0.277 e. The van der Waals surface area contributed by atoms with Crippen LogP contribution in [-0.4, -0.2) is 72.5 Å². The molecule has 1 fully saturated rings. The highest BCUT2D eigenvalue weighted by molar-refractivity contribution is 7.07. The fraction of sp³-hybridized carbons (Fsp3) is 0.370. The highest BCUT2D eigenvalue weighted by Crippen LogP contribution is 2.16. The number of aromatic nitrogens is 1. The lowest BCUT2D eigenvalue weighted by molar-refractivity contribution is -0.117. The molecular weight excluding hydrogens is 502 g/mol. The van der Waals surface area contributed by atoms with Crippen LogP contribution in [0.15, 0.2) is 35.3 Å². The molecular formula is C27H31N7O3S. The molecule has 0 radical (unpaired) electrons. The number of nitrogens with one attached hydrogen (secondary N) is 3. The number of benzene rings is 1. The Morgan fingerprint density at radius 2 is 2.08 bits per heavy atom. The summed E-state index contributed by atoms with van der Waals surface area (Å²) in [7, 11) is 4.11. The molecule has 2 heterocycles. The summed E-state index contributed by atoms with van der Waals surface area (Å²) in [6.45, 7) is 4.11. The number of amides is 2. The molecule has 2 amide bonds. The van der Waals surface area contributed by atoms with Gasteiger partial charge in [0.05, 0.1) is 13.1 Å². The van der Waals surface area contributed by atoms with E-state index in [4.69, 9.17) is 6.42 Å². The second kappa shape index (κ2) is 13.4. The van der Waals surface area contributed by atoms with Crippen molar-refractivity contribution in [3.63, 3.8) is 0 Å². The Kier molecular flexibility index (Phi) is 10.1. The van der Waals surface area contributed by atoms with Gasteiger partial charge in [0.15, 0.2) is 5.57 Å². The molecule has 38 heavy (non-hydrogen) atoms. The maximum absolute atomic E-state index is 12.8. The monoisotopic (exact) mass is 533 g/mol. The third-order valence-electron chi connectivity index (χ3n) is 6.04. The van der Waals surface area contributed by atoms with Gasteiger partial charge in [-0.3, -0.25) is 23.9 Å². The number of rotatable bonds is 9. The van der Waals surface area contributed by atoms with Gasteiger partial charge in [-0.15, -0.1) is 17.8 Å². The number of likely N-dealkylation sites (tertiary alicyclic amines) is 1. The SMILES string of the molecule is C#CCNC(=O)/C(C#N)=c1\sc(=C=CNc2cccc(NC(=O)CN3CCC(N(C)C)C3)c2)c(=O)n1CC. The lowest BCUT2D eigenvalue weighted by Gasteiger charge is -2.20. The van der Waals surface area contributed by atoms with Crippen LogP contribution in [0, 0.1) is 23.7 Å². The van der Waals surface area contributed by atoms with Crippen LogP contribution in [0.4, 0.5) is 11.4 Å². The Bertz CT molecular complexity index is 1490. The summed E-state index contributed by atoms with van der Waals surface area (Å²) < 4.78 is 1.83. The first-order chi connectivity index (χ1) is 18.3. The molecule has 1 aliphatic rings. The van der Waals surface area contributed by atoms with E-state index in [0.29, 0.717) is 24.0 Å². The molecule has 2 aromatic rings. The summed E-state index contributed by atoms with van der Waals surface area (Å²) in [5.41, 5.74) is 3.70. The predicted molar refractivity (Wildman–Crippen MR) is 150 cm³/mol. The van der Waals surface area contributed by atoms with Crippen LogP contribution in [0.2, 0.25) is 0 Å². The Labute approximate surface area is 225 Å². The molecule has 11 heteroatoms. The fourth-order valence-corrected chi connectivity index (χ4v) is 5.11. The predicted octanol–water partition coefficient (Wildman–Crippen LogP) is -0.0670. The van der Waals surface area contributed by atoms with Gasteiger partial charge >= 0.3 is 0 Å². The van der Waals surface area contributed by atoms with Crippen LogP contribution in [0.5, 0.6) is 0 Å². The number of hydrogen-bond acceptors (Lipinski definition) is 8. The van der Waals surface area contributed by atoms with E-state index >= 15 is 0 Å². The zero-order chi connectivity index (χ0) is 27.7. The number of carbonyl (C=O) groups excluding carboxylic acids is 2. The van der Waals surface area contributed by atoms with E-state index in [2.05, 4.69) is 51.5 Å². The number of carbonyl (C=O) groups is 2. The van der Waals surface area contributed by atoms with Crippen molar-refractivity contribution in [1.82, 2.24) is 19.7 Å². The van der Waals surface area contributed by atoms with Crippen molar-refractivity contribution < 1.29 is 9.59 Å². The highest BCUT2D eigenvalue weighted by atomic mass is 32.1. The third kappa shape index (κ3) is 7.22. The quantitative estimate of drug-likeness (QED) is 0.386. The molecule has 0 spiro atoms. The number of terminal acetylenes is 1. The molecule has 1 aromatic heterocycles. The van der Waals surface area contributed by atoms with Crippen molar-refractivity contribution in [3.05, 3.63) is 50.0 Å². The largest absolute Gasteiger partial charge is 0.355 e. The number of thiazole rings is 1. The lowest BCUT2D eigenvalue weighted by atomic mass is 10.2. The molecule has 0 saturated carbocycles. The van der Waals surface area contributed by atoms with Gasteiger partial charge in [-0.05, 0) is 45.6 Å². The van der Waals surface area contributed by atoms with E-state index in [1.54, 1.807) is 25.1 Å². The first-order valence-electron chi connectivity index (χ1n) is 12.1. The summed E-state index contributed by atoms with van der Waals surface area (Å²) in [5, 5.41) is 17.9. The molecule has 3 N–H and O–H groups in total. The fourth-order valence-electron chi connectivity index (χ4n) is 4.04. The topological polar surface area (TPSA) is 122 Å². The molecule has 3 rings (SSSR count). The van der Waals surface area contributed by atoms with Crippen LogP contribution in [-0.2, 0) is 16.1 Å². The van der Waals surface area contributed by atoms with E-state index in [0.717, 1.165) is 30.8 Å². The summed E-state index contributed by atoms with van der Waals surface area (Å²) in [6, 6.07) is 9.55. The van der Waals surface area contributed by atoms with Crippen LogP contribution in [0.3, 0.4) is 0 Å². The van der Waals surface area contributed by atoms with Gasteiger partial charge in [0.25, 0.3) is 11.5 Å². The van der Waals surface area contributed by atoms with Gasteiger partial charge in [0.1, 0.15) is 15.3 Å². The van der Waals surface area contributed by atoms with Crippen LogP contribution >= 0.6 is 11.3 Å². The minimum Gasteiger partial charge on any atom is -0.355 e. The molecule has 0 bridgehead atoms. The molecule has 1 saturated heterocycles. The molecule has 1 atom stereocenters. The summed E-state index contributed by atoms with van der Waals surface area (Å²) in [6.07, 6.45) is 7.70. The van der Waals surface area contributed by atoms with Crippen LogP contribution in [0.25, 0.3) is 11.3 Å². The number of anilines is 2. The smallest absolute Gasteiger partial charge is 0.277 e. The maximum atomic E-state index is 12.8. The Hall–Kier alpha value is -4.12. The van der Waals surface area contributed by atoms with Crippen molar-refractivity contribution in [2.24, 2.45) is 0 Å². The Morgan fingerprint density at radius 1 is 1.32 bits per heavy atom. The van der Waals surface area contributed by atoms with Crippen molar-refractivity contribution in [3.8, 4) is 18.4 Å². The average molecular weight is 534 g/mol. The first kappa shape index (κ1) is 28.5.